The van der Waals surface area contributed by atoms with E-state index in [-0.39, 0.29) is 5.54 Å². The molecule has 1 saturated carbocycles. The van der Waals surface area contributed by atoms with Crippen LogP contribution >= 0.6 is 0 Å². The van der Waals surface area contributed by atoms with Crippen LogP contribution in [0, 0.1) is 5.92 Å². The van der Waals surface area contributed by atoms with Crippen LogP contribution in [0.2, 0.25) is 0 Å². The molecule has 0 aromatic rings. The van der Waals surface area contributed by atoms with Crippen LogP contribution in [-0.2, 0) is 0 Å². The molecule has 1 fully saturated rings. The van der Waals surface area contributed by atoms with Gasteiger partial charge in [0.1, 0.15) is 0 Å². The molecule has 0 unspecified atom stereocenters. The van der Waals surface area contributed by atoms with Crippen molar-refractivity contribution in [2.75, 3.05) is 20.1 Å². The van der Waals surface area contributed by atoms with Crippen molar-refractivity contribution in [3.05, 3.63) is 0 Å². The molecule has 1 rings (SSSR count). The summed E-state index contributed by atoms with van der Waals surface area (Å²) in [5.74, 6) is 0.992. The zero-order valence-corrected chi connectivity index (χ0v) is 10.1. The van der Waals surface area contributed by atoms with E-state index in [1.54, 1.807) is 0 Å². The van der Waals surface area contributed by atoms with Gasteiger partial charge in [0.25, 0.3) is 0 Å². The SMILES string of the molecule is CN(CCCC(C)(C)N)CC1CCC1. The molecule has 0 saturated heterocycles. The van der Waals surface area contributed by atoms with E-state index in [9.17, 15) is 0 Å². The number of hydrogen-bond donors (Lipinski definition) is 1. The van der Waals surface area contributed by atoms with E-state index in [2.05, 4.69) is 25.8 Å². The summed E-state index contributed by atoms with van der Waals surface area (Å²) in [6.07, 6.45) is 6.71. The summed E-state index contributed by atoms with van der Waals surface area (Å²) in [6.45, 7) is 6.72. The van der Waals surface area contributed by atoms with Gasteiger partial charge in [-0.1, -0.05) is 6.42 Å². The zero-order valence-electron chi connectivity index (χ0n) is 10.1. The van der Waals surface area contributed by atoms with Crippen molar-refractivity contribution in [1.29, 1.82) is 0 Å². The van der Waals surface area contributed by atoms with E-state index >= 15 is 0 Å². The van der Waals surface area contributed by atoms with Gasteiger partial charge in [-0.2, -0.15) is 0 Å². The van der Waals surface area contributed by atoms with Crippen molar-refractivity contribution in [3.8, 4) is 0 Å². The molecular weight excluding hydrogens is 172 g/mol. The van der Waals surface area contributed by atoms with E-state index in [1.807, 2.05) is 0 Å². The van der Waals surface area contributed by atoms with Crippen molar-refractivity contribution in [1.82, 2.24) is 4.90 Å². The molecule has 0 amide bonds. The summed E-state index contributed by atoms with van der Waals surface area (Å²) < 4.78 is 0. The Hall–Kier alpha value is -0.0800. The molecule has 1 aliphatic carbocycles. The van der Waals surface area contributed by atoms with Gasteiger partial charge in [-0.15, -0.1) is 0 Å². The minimum Gasteiger partial charge on any atom is -0.326 e. The van der Waals surface area contributed by atoms with Gasteiger partial charge in [-0.25, -0.2) is 0 Å². The lowest BCUT2D eigenvalue weighted by Gasteiger charge is -2.30. The number of rotatable bonds is 6. The largest absolute Gasteiger partial charge is 0.326 e. The van der Waals surface area contributed by atoms with Crippen molar-refractivity contribution >= 4 is 0 Å². The molecule has 0 spiro atoms. The van der Waals surface area contributed by atoms with Gasteiger partial charge < -0.3 is 10.6 Å². The van der Waals surface area contributed by atoms with Gasteiger partial charge in [0, 0.05) is 12.1 Å². The first kappa shape index (κ1) is 12.0. The minimum absolute atomic E-state index is 0.0112. The lowest BCUT2D eigenvalue weighted by molar-refractivity contribution is 0.200. The highest BCUT2D eigenvalue weighted by molar-refractivity contribution is 4.74. The molecule has 0 atom stereocenters. The normalized spacial score (nSPS) is 18.6. The van der Waals surface area contributed by atoms with E-state index in [4.69, 9.17) is 5.73 Å². The van der Waals surface area contributed by atoms with E-state index < -0.39 is 0 Å². The average Bonchev–Trinajstić information content (AvgIpc) is 1.94. The van der Waals surface area contributed by atoms with Crippen LogP contribution in [-0.4, -0.2) is 30.6 Å². The van der Waals surface area contributed by atoms with Gasteiger partial charge in [0.15, 0.2) is 0 Å². The van der Waals surface area contributed by atoms with Crippen LogP contribution in [0.25, 0.3) is 0 Å². The smallest absolute Gasteiger partial charge is 0.00975 e. The first-order valence-electron chi connectivity index (χ1n) is 5.95. The predicted molar refractivity (Wildman–Crippen MR) is 62.3 cm³/mol. The second-order valence-corrected chi connectivity index (χ2v) is 5.65. The van der Waals surface area contributed by atoms with E-state index in [1.165, 1.54) is 38.8 Å². The average molecular weight is 198 g/mol. The lowest BCUT2D eigenvalue weighted by atomic mass is 9.85. The molecule has 0 aromatic heterocycles. The van der Waals surface area contributed by atoms with Crippen LogP contribution in [0.1, 0.15) is 46.0 Å². The standard InChI is InChI=1S/C12H26N2/c1-12(2,13)8-5-9-14(3)10-11-6-4-7-11/h11H,4-10,13H2,1-3H3. The molecule has 0 aliphatic heterocycles. The molecule has 0 aromatic carbocycles. The number of nitrogens with zero attached hydrogens (tertiary/aromatic N) is 1. The Bertz CT molecular complexity index is 156. The second kappa shape index (κ2) is 5.13. The summed E-state index contributed by atoms with van der Waals surface area (Å²) in [4.78, 5) is 2.47. The molecule has 2 nitrogen and oxygen atoms in total. The molecule has 2 heteroatoms. The van der Waals surface area contributed by atoms with E-state index in [0.717, 1.165) is 12.3 Å². The number of hydrogen-bond acceptors (Lipinski definition) is 2. The van der Waals surface area contributed by atoms with Gasteiger partial charge >= 0.3 is 0 Å². The Morgan fingerprint density at radius 1 is 1.36 bits per heavy atom. The molecule has 0 heterocycles. The minimum atomic E-state index is 0.0112. The third-order valence-electron chi connectivity index (χ3n) is 3.16. The summed E-state index contributed by atoms with van der Waals surface area (Å²) in [7, 11) is 2.24. The fourth-order valence-electron chi connectivity index (χ4n) is 2.01. The Morgan fingerprint density at radius 2 is 2.00 bits per heavy atom. The molecule has 1 aliphatic rings. The van der Waals surface area contributed by atoms with Crippen LogP contribution in [0.3, 0.4) is 0 Å². The Kier molecular flexibility index (Phi) is 4.39. The maximum atomic E-state index is 5.94. The lowest BCUT2D eigenvalue weighted by Crippen LogP contribution is -2.34. The topological polar surface area (TPSA) is 29.3 Å². The van der Waals surface area contributed by atoms with Crippen LogP contribution in [0.15, 0.2) is 0 Å². The maximum absolute atomic E-state index is 5.94. The molecule has 0 radical (unpaired) electrons. The highest BCUT2D eigenvalue weighted by Crippen LogP contribution is 2.26. The van der Waals surface area contributed by atoms with Crippen LogP contribution in [0.5, 0.6) is 0 Å². The predicted octanol–water partition coefficient (Wildman–Crippen LogP) is 2.24. The van der Waals surface area contributed by atoms with Gasteiger partial charge in [0.2, 0.25) is 0 Å². The zero-order chi connectivity index (χ0) is 10.6. The van der Waals surface area contributed by atoms with Crippen molar-refractivity contribution < 1.29 is 0 Å². The molecule has 14 heavy (non-hydrogen) atoms. The van der Waals surface area contributed by atoms with Gasteiger partial charge in [0.05, 0.1) is 0 Å². The Labute approximate surface area is 88.8 Å². The summed E-state index contributed by atoms with van der Waals surface area (Å²) in [5, 5.41) is 0. The summed E-state index contributed by atoms with van der Waals surface area (Å²) in [5.41, 5.74) is 5.95. The number of nitrogens with two attached hydrogens (primary N) is 1. The third kappa shape index (κ3) is 4.97. The quantitative estimate of drug-likeness (QED) is 0.709. The first-order chi connectivity index (χ1) is 6.47. The van der Waals surface area contributed by atoms with E-state index in [0.29, 0.717) is 0 Å². The molecular formula is C12H26N2. The monoisotopic (exact) mass is 198 g/mol. The fourth-order valence-corrected chi connectivity index (χ4v) is 2.01. The fraction of sp³-hybridized carbons (Fsp3) is 1.00. The highest BCUT2D eigenvalue weighted by Gasteiger charge is 2.19. The molecule has 2 N–H and O–H groups in total. The van der Waals surface area contributed by atoms with Crippen molar-refractivity contribution in [2.45, 2.75) is 51.5 Å². The maximum Gasteiger partial charge on any atom is 0.00975 e. The van der Waals surface area contributed by atoms with Crippen molar-refractivity contribution in [3.63, 3.8) is 0 Å². The summed E-state index contributed by atoms with van der Waals surface area (Å²) in [6, 6.07) is 0. The Balaban J connectivity index is 1.99. The van der Waals surface area contributed by atoms with Crippen LogP contribution in [0.4, 0.5) is 0 Å². The molecule has 84 valence electrons. The second-order valence-electron chi connectivity index (χ2n) is 5.65. The third-order valence-corrected chi connectivity index (χ3v) is 3.16. The van der Waals surface area contributed by atoms with Crippen molar-refractivity contribution in [2.24, 2.45) is 11.7 Å². The van der Waals surface area contributed by atoms with Crippen LogP contribution < -0.4 is 5.73 Å². The summed E-state index contributed by atoms with van der Waals surface area (Å²) >= 11 is 0. The highest BCUT2D eigenvalue weighted by atomic mass is 15.1. The van der Waals surface area contributed by atoms with Gasteiger partial charge in [-0.3, -0.25) is 0 Å². The van der Waals surface area contributed by atoms with Gasteiger partial charge in [-0.05, 0) is 59.0 Å². The Morgan fingerprint density at radius 3 is 2.43 bits per heavy atom. The molecule has 0 bridgehead atoms. The first-order valence-corrected chi connectivity index (χ1v) is 5.95.